The second-order valence-corrected chi connectivity index (χ2v) is 22.4. The van der Waals surface area contributed by atoms with E-state index in [2.05, 4.69) is 63.0 Å². The normalized spacial score (nSPS) is 22.1. The number of aromatic amines is 1. The predicted octanol–water partition coefficient (Wildman–Crippen LogP) is 9.56. The second kappa shape index (κ2) is 19.3. The van der Waals surface area contributed by atoms with Crippen molar-refractivity contribution in [3.63, 3.8) is 0 Å². The summed E-state index contributed by atoms with van der Waals surface area (Å²) < 4.78 is 62.9. The second-order valence-electron chi connectivity index (χ2n) is 19.5. The number of sulfonamides is 1. The number of aliphatic hydroxyl groups is 1. The average molecular weight is 971 g/mol. The maximum absolute atomic E-state index is 14.7. The number of halogens is 1. The maximum atomic E-state index is 14.7. The van der Waals surface area contributed by atoms with E-state index in [0.717, 1.165) is 63.4 Å². The molecule has 4 aliphatic rings. The van der Waals surface area contributed by atoms with Crippen LogP contribution in [-0.2, 0) is 14.8 Å². The van der Waals surface area contributed by atoms with Gasteiger partial charge in [-0.25, -0.2) is 22.5 Å². The molecule has 0 radical (unpaired) electrons. The third kappa shape index (κ3) is 10.1. The van der Waals surface area contributed by atoms with Crippen LogP contribution < -0.4 is 24.4 Å². The summed E-state index contributed by atoms with van der Waals surface area (Å²) in [5.74, 6) is -0.869. The first-order chi connectivity index (χ1) is 32.5. The van der Waals surface area contributed by atoms with Crippen molar-refractivity contribution in [2.45, 2.75) is 118 Å². The Bertz CT molecular complexity index is 2790. The summed E-state index contributed by atoms with van der Waals surface area (Å²) in [7, 11) is -4.71. The molecule has 0 bridgehead atoms. The maximum Gasteiger partial charge on any atom is 0.288 e. The SMILES string of the molecule is CCOC[C@H](NC1CC2(CCN(c3ccc(C(=O)NS(=O)(=O)c4cc5c(c([N+](=O)[O-])c4)S[C@@H](C4CCC(C)(O)CC4)CO5)c(Oc4cnc5[nH]cc(F)c5c4)c3)CC2)C1)c1ccccc1C(C)C. The van der Waals surface area contributed by atoms with Gasteiger partial charge < -0.3 is 34.5 Å². The van der Waals surface area contributed by atoms with Gasteiger partial charge in [-0.05, 0) is 112 Å². The molecule has 2 aliphatic heterocycles. The van der Waals surface area contributed by atoms with Crippen molar-refractivity contribution in [2.75, 3.05) is 37.8 Å². The minimum absolute atomic E-state index is 0.00827. The Morgan fingerprint density at radius 2 is 1.82 bits per heavy atom. The summed E-state index contributed by atoms with van der Waals surface area (Å²) in [6.07, 6.45) is 9.24. The van der Waals surface area contributed by atoms with E-state index in [9.17, 15) is 32.8 Å². The molecule has 68 heavy (non-hydrogen) atoms. The number of nitro groups is 1. The Labute approximate surface area is 400 Å². The van der Waals surface area contributed by atoms with Gasteiger partial charge in [-0.15, -0.1) is 11.8 Å². The Morgan fingerprint density at radius 3 is 2.53 bits per heavy atom. The van der Waals surface area contributed by atoms with E-state index in [4.69, 9.17) is 14.2 Å². The van der Waals surface area contributed by atoms with Gasteiger partial charge in [-0.1, -0.05) is 38.1 Å². The number of aromatic nitrogens is 2. The molecule has 18 heteroatoms. The van der Waals surface area contributed by atoms with E-state index >= 15 is 0 Å². The summed E-state index contributed by atoms with van der Waals surface area (Å²) in [6, 6.07) is 17.5. The van der Waals surface area contributed by atoms with Crippen molar-refractivity contribution in [3.8, 4) is 17.2 Å². The van der Waals surface area contributed by atoms with Gasteiger partial charge in [0.15, 0.2) is 0 Å². The van der Waals surface area contributed by atoms with Gasteiger partial charge >= 0.3 is 0 Å². The fraction of sp³-hybridized carbons (Fsp3) is 0.480. The van der Waals surface area contributed by atoms with Crippen LogP contribution >= 0.6 is 11.8 Å². The summed E-state index contributed by atoms with van der Waals surface area (Å²) in [4.78, 5) is 34.8. The Kier molecular flexibility index (Phi) is 13.5. The van der Waals surface area contributed by atoms with E-state index in [1.807, 2.05) is 13.8 Å². The first kappa shape index (κ1) is 47.8. The highest BCUT2D eigenvalue weighted by atomic mass is 32.2. The van der Waals surface area contributed by atoms with Crippen LogP contribution in [0.2, 0.25) is 0 Å². The van der Waals surface area contributed by atoms with Gasteiger partial charge in [0.2, 0.25) is 0 Å². The number of piperidine rings is 1. The number of nitro benzene ring substituents is 1. The van der Waals surface area contributed by atoms with Crippen molar-refractivity contribution >= 4 is 50.1 Å². The van der Waals surface area contributed by atoms with Gasteiger partial charge in [0, 0.05) is 61.1 Å². The number of carbonyl (C=O) groups excluding carboxylic acids is 1. The first-order valence-corrected chi connectivity index (χ1v) is 25.9. The quantitative estimate of drug-likeness (QED) is 0.0572. The molecule has 15 nitrogen and oxygen atoms in total. The minimum atomic E-state index is -4.71. The van der Waals surface area contributed by atoms with E-state index in [-0.39, 0.29) is 62.3 Å². The highest BCUT2D eigenvalue weighted by Crippen LogP contribution is 2.51. The fourth-order valence-electron chi connectivity index (χ4n) is 10.5. The fourth-order valence-corrected chi connectivity index (χ4v) is 12.9. The van der Waals surface area contributed by atoms with E-state index < -0.39 is 42.9 Å². The van der Waals surface area contributed by atoms with Gasteiger partial charge in [0.05, 0.1) is 45.2 Å². The van der Waals surface area contributed by atoms with Crippen molar-refractivity contribution in [1.29, 1.82) is 0 Å². The van der Waals surface area contributed by atoms with Gasteiger partial charge in [0.25, 0.3) is 21.6 Å². The molecule has 4 heterocycles. The number of hydrogen-bond donors (Lipinski definition) is 4. The molecular weight excluding hydrogens is 912 g/mol. The molecule has 1 amide bonds. The molecule has 2 saturated carbocycles. The van der Waals surface area contributed by atoms with Gasteiger partial charge in [-0.2, -0.15) is 0 Å². The molecule has 1 spiro atoms. The van der Waals surface area contributed by atoms with Crippen LogP contribution in [-0.4, -0.2) is 84.1 Å². The molecule has 3 fully saturated rings. The number of anilines is 1. The van der Waals surface area contributed by atoms with Crippen molar-refractivity contribution in [2.24, 2.45) is 11.3 Å². The Balaban J connectivity index is 0.917. The molecule has 0 unspecified atom stereocenters. The molecule has 362 valence electrons. The van der Waals surface area contributed by atoms with E-state index in [1.54, 1.807) is 12.1 Å². The largest absolute Gasteiger partial charge is 0.491 e. The van der Waals surface area contributed by atoms with Crippen LogP contribution in [0.1, 0.15) is 113 Å². The molecule has 3 aromatic carbocycles. The molecule has 2 aromatic heterocycles. The Morgan fingerprint density at radius 1 is 1.09 bits per heavy atom. The van der Waals surface area contributed by atoms with Crippen molar-refractivity contribution in [3.05, 3.63) is 106 Å². The van der Waals surface area contributed by atoms with Crippen molar-refractivity contribution in [1.82, 2.24) is 20.0 Å². The molecule has 2 aliphatic carbocycles. The van der Waals surface area contributed by atoms with Crippen LogP contribution in [0.5, 0.6) is 17.2 Å². The monoisotopic (exact) mass is 970 g/mol. The Hall–Kier alpha value is -5.27. The molecule has 2 atom stereocenters. The molecule has 9 rings (SSSR count). The predicted molar refractivity (Wildman–Crippen MR) is 258 cm³/mol. The lowest BCUT2D eigenvalue weighted by atomic mass is 9.60. The lowest BCUT2D eigenvalue weighted by Gasteiger charge is -2.53. The number of hydrogen-bond acceptors (Lipinski definition) is 13. The average Bonchev–Trinajstić information content (AvgIpc) is 3.68. The highest BCUT2D eigenvalue weighted by molar-refractivity contribution is 8.00. The van der Waals surface area contributed by atoms with Gasteiger partial charge in [0.1, 0.15) is 40.2 Å². The molecular formula is C50H59FN6O9S2. The van der Waals surface area contributed by atoms with E-state index in [1.165, 1.54) is 53.5 Å². The number of nitrogens with zero attached hydrogens (tertiary/aromatic N) is 3. The number of ether oxygens (including phenoxy) is 3. The zero-order valence-electron chi connectivity index (χ0n) is 38.8. The van der Waals surface area contributed by atoms with Crippen LogP contribution in [0.3, 0.4) is 0 Å². The lowest BCUT2D eigenvalue weighted by Crippen LogP contribution is -2.54. The number of benzene rings is 3. The molecule has 4 N–H and O–H groups in total. The van der Waals surface area contributed by atoms with Gasteiger partial charge in [-0.3, -0.25) is 14.9 Å². The topological polar surface area (TPSA) is 198 Å². The number of amides is 1. The number of rotatable bonds is 15. The first-order valence-electron chi connectivity index (χ1n) is 23.5. The van der Waals surface area contributed by atoms with Crippen LogP contribution in [0.15, 0.2) is 82.8 Å². The van der Waals surface area contributed by atoms with Crippen LogP contribution in [0, 0.1) is 27.3 Å². The number of fused-ring (bicyclic) bond motifs is 2. The van der Waals surface area contributed by atoms with Crippen LogP contribution in [0.4, 0.5) is 15.8 Å². The van der Waals surface area contributed by atoms with Crippen molar-refractivity contribution < 1.29 is 41.8 Å². The third-order valence-corrected chi connectivity index (χ3v) is 17.2. The van der Waals surface area contributed by atoms with Crippen LogP contribution in [0.25, 0.3) is 11.0 Å². The summed E-state index contributed by atoms with van der Waals surface area (Å²) in [6.45, 7) is 11.2. The number of thioether (sulfide) groups is 1. The standard InChI is InChI=1S/C50H59FN6O9S2/c1-5-64-28-41(37-9-7-6-8-36(37)30(2)3)54-32-24-50(25-32)16-18-56(19-17-50)33-10-11-38(43(20-33)66-34-21-39-40(51)27-53-47(39)52-26-34)48(58)55-68(62,63)35-22-42(57(60)61)46-44(23-35)65-29-45(67-46)31-12-14-49(4,59)15-13-31/h6-11,20-23,26-27,30-32,41,45,54,59H,5,12-19,24-25,28-29H2,1-4H3,(H,52,53)(H,55,58)/t31?,41-,45+,49?/m0/s1. The highest BCUT2D eigenvalue weighted by Gasteiger charge is 2.47. The molecule has 5 aromatic rings. The summed E-state index contributed by atoms with van der Waals surface area (Å²) >= 11 is 1.29. The summed E-state index contributed by atoms with van der Waals surface area (Å²) in [5.41, 5.74) is 2.52. The number of carbonyl (C=O) groups is 1. The number of H-pyrrole nitrogens is 1. The number of nitrogens with one attached hydrogen (secondary N) is 3. The number of pyridine rings is 1. The third-order valence-electron chi connectivity index (χ3n) is 14.4. The smallest absolute Gasteiger partial charge is 0.288 e. The lowest BCUT2D eigenvalue weighted by molar-refractivity contribution is -0.388. The summed E-state index contributed by atoms with van der Waals surface area (Å²) in [5, 5.41) is 26.8. The zero-order valence-corrected chi connectivity index (χ0v) is 40.4. The minimum Gasteiger partial charge on any atom is -0.491 e. The van der Waals surface area contributed by atoms with E-state index in [0.29, 0.717) is 43.7 Å². The molecule has 1 saturated heterocycles. The zero-order chi connectivity index (χ0) is 48.0.